The number of nitrogens with one attached hydrogen (secondary N) is 1. The van der Waals surface area contributed by atoms with E-state index in [2.05, 4.69) is 10.3 Å². The molecule has 1 aliphatic rings. The predicted molar refractivity (Wildman–Crippen MR) is 142 cm³/mol. The van der Waals surface area contributed by atoms with Crippen LogP contribution in [0.15, 0.2) is 71.7 Å². The van der Waals surface area contributed by atoms with Gasteiger partial charge in [-0.05, 0) is 42.7 Å². The number of fused-ring (bicyclic) bond motifs is 1. The van der Waals surface area contributed by atoms with Crippen molar-refractivity contribution in [2.75, 3.05) is 37.5 Å². The number of anilines is 2. The number of hydrogen-bond donors (Lipinski definition) is 1. The highest BCUT2D eigenvalue weighted by molar-refractivity contribution is 5.94. The Balaban J connectivity index is 1.43. The first kappa shape index (κ1) is 24.3. The lowest BCUT2D eigenvalue weighted by Crippen LogP contribution is -2.44. The highest BCUT2D eigenvalue weighted by atomic mass is 16.5. The largest absolute Gasteiger partial charge is 0.497 e. The molecule has 1 aliphatic heterocycles. The molecule has 2 aromatic heterocycles. The number of amides is 1. The number of hydrogen-bond acceptors (Lipinski definition) is 7. The lowest BCUT2D eigenvalue weighted by atomic mass is 9.97. The molecule has 1 atom stereocenters. The molecule has 37 heavy (non-hydrogen) atoms. The third-order valence-corrected chi connectivity index (χ3v) is 6.62. The number of pyridine rings is 1. The maximum Gasteiger partial charge on any atom is 0.295 e. The molecule has 9 heteroatoms. The summed E-state index contributed by atoms with van der Waals surface area (Å²) in [5, 5.41) is 2.98. The van der Waals surface area contributed by atoms with Crippen LogP contribution < -0.4 is 25.2 Å². The second kappa shape index (κ2) is 10.7. The van der Waals surface area contributed by atoms with Crippen LogP contribution in [-0.4, -0.2) is 47.8 Å². The van der Waals surface area contributed by atoms with E-state index in [9.17, 15) is 9.59 Å². The zero-order chi connectivity index (χ0) is 25.8. The monoisotopic (exact) mass is 499 g/mol. The molecule has 4 aromatic rings. The van der Waals surface area contributed by atoms with Crippen LogP contribution in [0.2, 0.25) is 0 Å². The number of methoxy groups -OCH3 is 2. The molecule has 0 spiro atoms. The lowest BCUT2D eigenvalue weighted by molar-refractivity contribution is -0.120. The van der Waals surface area contributed by atoms with Gasteiger partial charge in [-0.3, -0.25) is 14.2 Å². The van der Waals surface area contributed by atoms with E-state index < -0.39 is 0 Å². The number of piperidine rings is 1. The third kappa shape index (κ3) is 5.11. The Bertz CT molecular complexity index is 1470. The molecule has 0 radical (unpaired) electrons. The molecule has 0 saturated carbocycles. The summed E-state index contributed by atoms with van der Waals surface area (Å²) in [7, 11) is 3.13. The van der Waals surface area contributed by atoms with Gasteiger partial charge in [-0.15, -0.1) is 0 Å². The van der Waals surface area contributed by atoms with Crippen LogP contribution in [0.4, 0.5) is 11.5 Å². The highest BCUT2D eigenvalue weighted by Gasteiger charge is 2.29. The van der Waals surface area contributed by atoms with Gasteiger partial charge in [0.15, 0.2) is 11.5 Å². The second-order valence-electron chi connectivity index (χ2n) is 9.00. The maximum absolute atomic E-state index is 13.7. The molecular formula is C28H29N5O4. The smallest absolute Gasteiger partial charge is 0.295 e. The van der Waals surface area contributed by atoms with E-state index in [0.29, 0.717) is 60.2 Å². The molecule has 5 rings (SSSR count). The number of nitrogens with zero attached hydrogens (tertiary/aromatic N) is 4. The van der Waals surface area contributed by atoms with E-state index in [1.165, 1.54) is 0 Å². The standard InChI is InChI=1S/C28H29N5O4/c1-36-21-12-13-24(37-2)23(16-21)31-27(34)20-10-7-15-32(18-20)26-28(35)33(17-19-8-4-3-5-9-19)25-22(30-26)11-6-14-29-25/h3-6,8-9,11-14,16,20H,7,10,15,17-18H2,1-2H3,(H,31,34). The highest BCUT2D eigenvalue weighted by Crippen LogP contribution is 2.30. The Kier molecular flexibility index (Phi) is 7.02. The topological polar surface area (TPSA) is 98.6 Å². The van der Waals surface area contributed by atoms with Gasteiger partial charge in [0.05, 0.1) is 32.4 Å². The van der Waals surface area contributed by atoms with E-state index in [1.807, 2.05) is 47.4 Å². The average molecular weight is 500 g/mol. The van der Waals surface area contributed by atoms with Gasteiger partial charge in [-0.1, -0.05) is 30.3 Å². The Labute approximate surface area is 214 Å². The number of rotatable bonds is 7. The zero-order valence-corrected chi connectivity index (χ0v) is 20.9. The van der Waals surface area contributed by atoms with Crippen molar-refractivity contribution in [2.24, 2.45) is 5.92 Å². The van der Waals surface area contributed by atoms with Crippen LogP contribution in [-0.2, 0) is 11.3 Å². The molecule has 2 aromatic carbocycles. The summed E-state index contributed by atoms with van der Waals surface area (Å²) in [6.07, 6.45) is 3.14. The van der Waals surface area contributed by atoms with Gasteiger partial charge in [0, 0.05) is 25.4 Å². The Morgan fingerprint density at radius 2 is 1.92 bits per heavy atom. The van der Waals surface area contributed by atoms with Crippen molar-refractivity contribution < 1.29 is 14.3 Å². The van der Waals surface area contributed by atoms with Crippen molar-refractivity contribution in [1.82, 2.24) is 14.5 Å². The maximum atomic E-state index is 13.7. The van der Waals surface area contributed by atoms with Crippen molar-refractivity contribution in [3.05, 3.63) is 82.8 Å². The predicted octanol–water partition coefficient (Wildman–Crippen LogP) is 3.71. The number of carbonyl (C=O) groups excluding carboxylic acids is 1. The summed E-state index contributed by atoms with van der Waals surface area (Å²) in [4.78, 5) is 38.0. The zero-order valence-electron chi connectivity index (χ0n) is 20.9. The van der Waals surface area contributed by atoms with Gasteiger partial charge >= 0.3 is 0 Å². The first-order chi connectivity index (χ1) is 18.1. The normalized spacial score (nSPS) is 15.4. The van der Waals surface area contributed by atoms with Crippen LogP contribution in [0, 0.1) is 5.92 Å². The van der Waals surface area contributed by atoms with Crippen LogP contribution in [0.5, 0.6) is 11.5 Å². The van der Waals surface area contributed by atoms with E-state index in [4.69, 9.17) is 14.5 Å². The second-order valence-corrected chi connectivity index (χ2v) is 9.00. The molecule has 1 fully saturated rings. The lowest BCUT2D eigenvalue weighted by Gasteiger charge is -2.32. The molecule has 1 amide bonds. The number of aromatic nitrogens is 3. The Hall–Kier alpha value is -4.40. The van der Waals surface area contributed by atoms with Gasteiger partial charge < -0.3 is 19.7 Å². The first-order valence-electron chi connectivity index (χ1n) is 12.2. The van der Waals surface area contributed by atoms with Crippen LogP contribution in [0.1, 0.15) is 18.4 Å². The molecule has 0 bridgehead atoms. The molecule has 1 saturated heterocycles. The number of benzene rings is 2. The van der Waals surface area contributed by atoms with Crippen molar-refractivity contribution in [2.45, 2.75) is 19.4 Å². The molecule has 3 heterocycles. The Morgan fingerprint density at radius 1 is 1.08 bits per heavy atom. The van der Waals surface area contributed by atoms with Crippen molar-refractivity contribution in [3.63, 3.8) is 0 Å². The molecular weight excluding hydrogens is 470 g/mol. The van der Waals surface area contributed by atoms with Crippen molar-refractivity contribution >= 4 is 28.6 Å². The molecule has 190 valence electrons. The minimum absolute atomic E-state index is 0.136. The summed E-state index contributed by atoms with van der Waals surface area (Å²) >= 11 is 0. The SMILES string of the molecule is COc1ccc(OC)c(NC(=O)C2CCCN(c3nc4cccnc4n(Cc4ccccc4)c3=O)C2)c1. The molecule has 1 N–H and O–H groups in total. The van der Waals surface area contributed by atoms with Crippen LogP contribution in [0.3, 0.4) is 0 Å². The summed E-state index contributed by atoms with van der Waals surface area (Å²) in [5.74, 6) is 1.05. The van der Waals surface area contributed by atoms with Gasteiger partial charge in [-0.25, -0.2) is 9.97 Å². The van der Waals surface area contributed by atoms with Gasteiger partial charge in [0.25, 0.3) is 5.56 Å². The summed E-state index contributed by atoms with van der Waals surface area (Å²) in [6, 6.07) is 18.7. The molecule has 9 nitrogen and oxygen atoms in total. The molecule has 1 unspecified atom stereocenters. The van der Waals surface area contributed by atoms with Gasteiger partial charge in [0.2, 0.25) is 5.91 Å². The average Bonchev–Trinajstić information content (AvgIpc) is 2.95. The molecule has 0 aliphatic carbocycles. The number of ether oxygens (including phenoxy) is 2. The van der Waals surface area contributed by atoms with E-state index in [0.717, 1.165) is 12.0 Å². The summed E-state index contributed by atoms with van der Waals surface area (Å²) in [5.41, 5.74) is 2.50. The van der Waals surface area contributed by atoms with Gasteiger partial charge in [0.1, 0.15) is 17.0 Å². The van der Waals surface area contributed by atoms with Gasteiger partial charge in [-0.2, -0.15) is 0 Å². The fourth-order valence-corrected chi connectivity index (χ4v) is 4.71. The van der Waals surface area contributed by atoms with E-state index in [1.54, 1.807) is 43.2 Å². The fourth-order valence-electron chi connectivity index (χ4n) is 4.71. The minimum Gasteiger partial charge on any atom is -0.497 e. The summed E-state index contributed by atoms with van der Waals surface area (Å²) < 4.78 is 12.4. The third-order valence-electron chi connectivity index (χ3n) is 6.62. The van der Waals surface area contributed by atoms with E-state index in [-0.39, 0.29) is 17.4 Å². The fraction of sp³-hybridized carbons (Fsp3) is 0.286. The number of carbonyl (C=O) groups is 1. The first-order valence-corrected chi connectivity index (χ1v) is 12.2. The van der Waals surface area contributed by atoms with E-state index >= 15 is 0 Å². The van der Waals surface area contributed by atoms with Crippen LogP contribution in [0.25, 0.3) is 11.2 Å². The van der Waals surface area contributed by atoms with Crippen LogP contribution >= 0.6 is 0 Å². The van der Waals surface area contributed by atoms with Crippen molar-refractivity contribution in [1.29, 1.82) is 0 Å². The quantitative estimate of drug-likeness (QED) is 0.414. The van der Waals surface area contributed by atoms with Crippen molar-refractivity contribution in [3.8, 4) is 11.5 Å². The summed E-state index contributed by atoms with van der Waals surface area (Å²) in [6.45, 7) is 1.42. The Morgan fingerprint density at radius 3 is 2.70 bits per heavy atom. The minimum atomic E-state index is -0.321.